The highest BCUT2D eigenvalue weighted by atomic mass is 32.1. The topological polar surface area (TPSA) is 56.7 Å². The molecule has 13 rings (SSSR count). The van der Waals surface area contributed by atoms with Crippen LogP contribution in [0.2, 0.25) is 0 Å². The second-order valence-corrected chi connectivity index (χ2v) is 16.3. The largest absolute Gasteiger partial charge is 0.456 e. The Morgan fingerprint density at radius 3 is 1.81 bits per heavy atom. The molecule has 0 radical (unpaired) electrons. The van der Waals surface area contributed by atoms with Crippen LogP contribution in [0.25, 0.3) is 125 Å². The highest BCUT2D eigenvalue weighted by molar-refractivity contribution is 7.25. The third kappa shape index (κ3) is 5.00. The Bertz CT molecular complexity index is 3870. The van der Waals surface area contributed by atoms with Crippen molar-refractivity contribution in [3.8, 4) is 39.9 Å². The van der Waals surface area contributed by atoms with E-state index in [1.54, 1.807) is 11.3 Å². The Morgan fingerprint density at radius 2 is 0.983 bits per heavy atom. The summed E-state index contributed by atoms with van der Waals surface area (Å²) >= 11 is 1.79. The summed E-state index contributed by atoms with van der Waals surface area (Å²) in [4.78, 5) is 15.8. The lowest BCUT2D eigenvalue weighted by molar-refractivity contribution is 0.669. The van der Waals surface area contributed by atoms with Gasteiger partial charge in [-0.2, -0.15) is 0 Å². The van der Waals surface area contributed by atoms with Crippen molar-refractivity contribution in [1.82, 2.24) is 19.5 Å². The summed E-state index contributed by atoms with van der Waals surface area (Å²) in [5, 5.41) is 11.7. The fourth-order valence-corrected chi connectivity index (χ4v) is 10.2. The smallest absolute Gasteiger partial charge is 0.164 e. The maximum atomic E-state index is 6.72. The van der Waals surface area contributed by atoms with Gasteiger partial charge in [-0.1, -0.05) is 127 Å². The van der Waals surface area contributed by atoms with Crippen LogP contribution >= 0.6 is 11.3 Å². The Morgan fingerprint density at radius 1 is 0.373 bits per heavy atom. The molecule has 0 aliphatic heterocycles. The monoisotopic (exact) mass is 770 g/mol. The quantitative estimate of drug-likeness (QED) is 0.179. The van der Waals surface area contributed by atoms with Gasteiger partial charge in [0.2, 0.25) is 0 Å². The van der Waals surface area contributed by atoms with Crippen molar-refractivity contribution in [2.24, 2.45) is 0 Å². The molecule has 9 aromatic carbocycles. The van der Waals surface area contributed by atoms with E-state index in [0.29, 0.717) is 17.5 Å². The summed E-state index contributed by atoms with van der Waals surface area (Å²) in [6.07, 6.45) is 0. The standard InChI is InChI=1S/C53H30N4OS/c1-2-12-32-25-35(22-21-31(32)11-1)51-54-52(36-23-24-40-39-16-7-10-20-48(39)59-49(40)30-36)56-53(55-51)37-28-45(50-41-17-6-9-19-46(41)58-47(50)29-37)57-43-18-8-5-15-38(43)42-26-33-13-3-4-14-34(33)27-44(42)57/h1-30H. The van der Waals surface area contributed by atoms with Crippen molar-refractivity contribution in [2.45, 2.75) is 0 Å². The van der Waals surface area contributed by atoms with E-state index in [0.717, 1.165) is 60.7 Å². The highest BCUT2D eigenvalue weighted by Crippen LogP contribution is 2.42. The molecule has 59 heavy (non-hydrogen) atoms. The minimum Gasteiger partial charge on any atom is -0.456 e. The molecular formula is C53H30N4OS. The number of fused-ring (bicyclic) bond motifs is 11. The van der Waals surface area contributed by atoms with Crippen LogP contribution < -0.4 is 0 Å². The molecule has 4 aromatic heterocycles. The van der Waals surface area contributed by atoms with Crippen LogP contribution in [0.5, 0.6) is 0 Å². The second kappa shape index (κ2) is 12.4. The molecule has 6 heteroatoms. The van der Waals surface area contributed by atoms with Gasteiger partial charge in [0.15, 0.2) is 17.5 Å². The summed E-state index contributed by atoms with van der Waals surface area (Å²) < 4.78 is 11.6. The van der Waals surface area contributed by atoms with E-state index in [2.05, 4.69) is 174 Å². The van der Waals surface area contributed by atoms with Crippen LogP contribution in [0.4, 0.5) is 0 Å². The van der Waals surface area contributed by atoms with Gasteiger partial charge in [0.1, 0.15) is 11.2 Å². The lowest BCUT2D eigenvalue weighted by Crippen LogP contribution is -2.01. The number of furan rings is 1. The zero-order chi connectivity index (χ0) is 38.6. The molecule has 5 nitrogen and oxygen atoms in total. The van der Waals surface area contributed by atoms with Gasteiger partial charge in [-0.3, -0.25) is 0 Å². The van der Waals surface area contributed by atoms with Crippen molar-refractivity contribution < 1.29 is 4.42 Å². The molecule has 0 aliphatic carbocycles. The molecular weight excluding hydrogens is 741 g/mol. The summed E-state index contributed by atoms with van der Waals surface area (Å²) in [5.74, 6) is 1.80. The summed E-state index contributed by atoms with van der Waals surface area (Å²) in [7, 11) is 0. The number of hydrogen-bond donors (Lipinski definition) is 0. The summed E-state index contributed by atoms with van der Waals surface area (Å²) in [6, 6.07) is 64.5. The molecule has 0 amide bonds. The highest BCUT2D eigenvalue weighted by Gasteiger charge is 2.22. The SMILES string of the molecule is c1ccc2cc(-c3nc(-c4cc(-n5c6ccccc6c6cc7ccccc7cc65)c5c(c4)oc4ccccc45)nc(-c4ccc5c(c4)sc4ccccc45)n3)ccc2c1. The Labute approximate surface area is 341 Å². The number of benzene rings is 9. The number of thiophene rings is 1. The van der Waals surface area contributed by atoms with Crippen LogP contribution in [-0.2, 0) is 0 Å². The molecule has 274 valence electrons. The van der Waals surface area contributed by atoms with Crippen molar-refractivity contribution in [1.29, 1.82) is 0 Å². The number of nitrogens with zero attached hydrogens (tertiary/aromatic N) is 4. The van der Waals surface area contributed by atoms with E-state index in [9.17, 15) is 0 Å². The third-order valence-electron chi connectivity index (χ3n) is 11.8. The maximum absolute atomic E-state index is 6.72. The van der Waals surface area contributed by atoms with Crippen molar-refractivity contribution in [3.63, 3.8) is 0 Å². The average molecular weight is 771 g/mol. The van der Waals surface area contributed by atoms with Gasteiger partial charge >= 0.3 is 0 Å². The van der Waals surface area contributed by atoms with E-state index in [1.807, 2.05) is 12.1 Å². The van der Waals surface area contributed by atoms with Crippen LogP contribution in [0.3, 0.4) is 0 Å². The fourth-order valence-electron chi connectivity index (χ4n) is 9.01. The van der Waals surface area contributed by atoms with E-state index < -0.39 is 0 Å². The van der Waals surface area contributed by atoms with Gasteiger partial charge in [0, 0.05) is 53.0 Å². The van der Waals surface area contributed by atoms with Gasteiger partial charge in [-0.15, -0.1) is 11.3 Å². The first-order valence-electron chi connectivity index (χ1n) is 19.8. The first-order chi connectivity index (χ1) is 29.2. The van der Waals surface area contributed by atoms with Crippen LogP contribution in [0.15, 0.2) is 186 Å². The predicted molar refractivity (Wildman–Crippen MR) is 246 cm³/mol. The lowest BCUT2D eigenvalue weighted by atomic mass is 10.0. The van der Waals surface area contributed by atoms with Gasteiger partial charge in [0.25, 0.3) is 0 Å². The van der Waals surface area contributed by atoms with Gasteiger partial charge in [-0.25, -0.2) is 15.0 Å². The van der Waals surface area contributed by atoms with Gasteiger partial charge in [0.05, 0.1) is 22.1 Å². The molecule has 0 N–H and O–H groups in total. The minimum atomic E-state index is 0.574. The zero-order valence-electron chi connectivity index (χ0n) is 31.4. The van der Waals surface area contributed by atoms with E-state index >= 15 is 0 Å². The molecule has 0 bridgehead atoms. The number of aromatic nitrogens is 4. The molecule has 0 fully saturated rings. The molecule has 0 saturated carbocycles. The molecule has 0 saturated heterocycles. The maximum Gasteiger partial charge on any atom is 0.164 e. The molecule has 13 aromatic rings. The number of rotatable bonds is 4. The third-order valence-corrected chi connectivity index (χ3v) is 12.9. The Balaban J connectivity index is 1.10. The van der Waals surface area contributed by atoms with Crippen molar-refractivity contribution in [3.05, 3.63) is 182 Å². The van der Waals surface area contributed by atoms with E-state index in [1.165, 1.54) is 47.1 Å². The lowest BCUT2D eigenvalue weighted by Gasteiger charge is -2.13. The Hall–Kier alpha value is -7.67. The predicted octanol–water partition coefficient (Wildman–Crippen LogP) is 14.5. The van der Waals surface area contributed by atoms with Crippen molar-refractivity contribution >= 4 is 96.8 Å². The molecule has 0 spiro atoms. The van der Waals surface area contributed by atoms with E-state index in [-0.39, 0.29) is 0 Å². The van der Waals surface area contributed by atoms with Crippen LogP contribution in [-0.4, -0.2) is 19.5 Å². The molecule has 4 heterocycles. The van der Waals surface area contributed by atoms with E-state index in [4.69, 9.17) is 19.4 Å². The molecule has 0 aliphatic rings. The first kappa shape index (κ1) is 32.4. The normalized spacial score (nSPS) is 12.1. The Kier molecular flexibility index (Phi) is 6.82. The van der Waals surface area contributed by atoms with Gasteiger partial charge < -0.3 is 8.98 Å². The minimum absolute atomic E-state index is 0.574. The van der Waals surface area contributed by atoms with Crippen LogP contribution in [0, 0.1) is 0 Å². The van der Waals surface area contributed by atoms with Crippen LogP contribution in [0.1, 0.15) is 0 Å². The first-order valence-corrected chi connectivity index (χ1v) is 20.6. The second-order valence-electron chi connectivity index (χ2n) is 15.2. The number of para-hydroxylation sites is 2. The summed E-state index contributed by atoms with van der Waals surface area (Å²) in [5.41, 5.74) is 7.55. The fraction of sp³-hybridized carbons (Fsp3) is 0. The summed E-state index contributed by atoms with van der Waals surface area (Å²) in [6.45, 7) is 0. The number of hydrogen-bond acceptors (Lipinski definition) is 5. The average Bonchev–Trinajstić information content (AvgIpc) is 3.96. The molecule has 0 atom stereocenters. The van der Waals surface area contributed by atoms with Gasteiger partial charge in [-0.05, 0) is 76.1 Å². The zero-order valence-corrected chi connectivity index (χ0v) is 32.2. The molecule has 0 unspecified atom stereocenters. The van der Waals surface area contributed by atoms with Crippen molar-refractivity contribution in [2.75, 3.05) is 0 Å².